The summed E-state index contributed by atoms with van der Waals surface area (Å²) < 4.78 is 14.2. The molecule has 0 heterocycles. The van der Waals surface area contributed by atoms with Crippen LogP contribution in [0.1, 0.15) is 25.3 Å². The summed E-state index contributed by atoms with van der Waals surface area (Å²) in [6.07, 6.45) is 2.49. The number of carbonyl (C=O) groups is 1. The van der Waals surface area contributed by atoms with Gasteiger partial charge in [-0.1, -0.05) is 29.3 Å². The van der Waals surface area contributed by atoms with E-state index >= 15 is 0 Å². The summed E-state index contributed by atoms with van der Waals surface area (Å²) in [6, 6.07) is 4.61. The fourth-order valence-electron chi connectivity index (χ4n) is 1.49. The topological polar surface area (TPSA) is 41.1 Å². The molecule has 0 aliphatic heterocycles. The standard InChI is InChI=1S/C13H18BrFN2O/c1-2-3-7-16-13(18)17-8-6-10-9-11(14)4-5-12(10)15/h4-5,9H,2-3,6-8H2,1H3,(H2,16,17,18). The highest BCUT2D eigenvalue weighted by molar-refractivity contribution is 9.10. The number of hydrogen-bond donors (Lipinski definition) is 2. The van der Waals surface area contributed by atoms with Crippen LogP contribution in [0.5, 0.6) is 0 Å². The Bertz CT molecular complexity index is 399. The van der Waals surface area contributed by atoms with Crippen molar-refractivity contribution in [1.29, 1.82) is 0 Å². The molecule has 0 spiro atoms. The van der Waals surface area contributed by atoms with Crippen LogP contribution in [0.4, 0.5) is 9.18 Å². The molecule has 0 unspecified atom stereocenters. The number of halogens is 2. The Labute approximate surface area is 115 Å². The molecule has 2 N–H and O–H groups in total. The zero-order valence-corrected chi connectivity index (χ0v) is 12.0. The summed E-state index contributed by atoms with van der Waals surface area (Å²) >= 11 is 3.29. The van der Waals surface area contributed by atoms with E-state index in [9.17, 15) is 9.18 Å². The molecule has 0 aromatic heterocycles. The Kier molecular flexibility index (Phi) is 6.72. The first-order chi connectivity index (χ1) is 8.63. The van der Waals surface area contributed by atoms with Gasteiger partial charge in [-0.15, -0.1) is 0 Å². The van der Waals surface area contributed by atoms with Gasteiger partial charge in [0.05, 0.1) is 0 Å². The van der Waals surface area contributed by atoms with E-state index in [2.05, 4.69) is 33.5 Å². The molecule has 100 valence electrons. The number of amides is 2. The lowest BCUT2D eigenvalue weighted by Crippen LogP contribution is -2.37. The Morgan fingerprint density at radius 2 is 2.06 bits per heavy atom. The van der Waals surface area contributed by atoms with Crippen molar-refractivity contribution < 1.29 is 9.18 Å². The molecule has 0 saturated carbocycles. The molecule has 0 bridgehead atoms. The quantitative estimate of drug-likeness (QED) is 0.777. The molecular formula is C13H18BrFN2O. The molecule has 18 heavy (non-hydrogen) atoms. The number of hydrogen-bond acceptors (Lipinski definition) is 1. The lowest BCUT2D eigenvalue weighted by atomic mass is 10.1. The monoisotopic (exact) mass is 316 g/mol. The lowest BCUT2D eigenvalue weighted by Gasteiger charge is -2.08. The summed E-state index contributed by atoms with van der Waals surface area (Å²) in [7, 11) is 0. The van der Waals surface area contributed by atoms with Gasteiger partial charge < -0.3 is 10.6 Å². The van der Waals surface area contributed by atoms with Crippen LogP contribution in [0.15, 0.2) is 22.7 Å². The highest BCUT2D eigenvalue weighted by Crippen LogP contribution is 2.15. The zero-order chi connectivity index (χ0) is 13.4. The first-order valence-corrected chi connectivity index (χ1v) is 6.88. The van der Waals surface area contributed by atoms with Crippen LogP contribution in [0, 0.1) is 5.82 Å². The lowest BCUT2D eigenvalue weighted by molar-refractivity contribution is 0.241. The van der Waals surface area contributed by atoms with Gasteiger partial charge >= 0.3 is 6.03 Å². The minimum Gasteiger partial charge on any atom is -0.338 e. The van der Waals surface area contributed by atoms with Crippen LogP contribution in [0.3, 0.4) is 0 Å². The largest absolute Gasteiger partial charge is 0.338 e. The van der Waals surface area contributed by atoms with Gasteiger partial charge in [-0.3, -0.25) is 0 Å². The van der Waals surface area contributed by atoms with Crippen molar-refractivity contribution in [3.8, 4) is 0 Å². The van der Waals surface area contributed by atoms with E-state index in [0.29, 0.717) is 25.1 Å². The van der Waals surface area contributed by atoms with E-state index in [0.717, 1.165) is 17.3 Å². The van der Waals surface area contributed by atoms with E-state index < -0.39 is 0 Å². The van der Waals surface area contributed by atoms with Crippen LogP contribution in [0.25, 0.3) is 0 Å². The fourth-order valence-corrected chi connectivity index (χ4v) is 1.90. The average Bonchev–Trinajstić information content (AvgIpc) is 2.34. The molecule has 1 aromatic rings. The minimum absolute atomic E-state index is 0.196. The highest BCUT2D eigenvalue weighted by atomic mass is 79.9. The Balaban J connectivity index is 2.28. The van der Waals surface area contributed by atoms with E-state index in [4.69, 9.17) is 0 Å². The van der Waals surface area contributed by atoms with E-state index in [1.165, 1.54) is 6.07 Å². The summed E-state index contributed by atoms with van der Waals surface area (Å²) in [4.78, 5) is 11.3. The molecule has 5 heteroatoms. The molecule has 0 atom stereocenters. The number of benzene rings is 1. The maximum absolute atomic E-state index is 13.4. The van der Waals surface area contributed by atoms with E-state index in [1.54, 1.807) is 12.1 Å². The average molecular weight is 317 g/mol. The fraction of sp³-hybridized carbons (Fsp3) is 0.462. The van der Waals surface area contributed by atoms with Crippen molar-refractivity contribution in [2.45, 2.75) is 26.2 Å². The van der Waals surface area contributed by atoms with E-state index in [1.807, 2.05) is 0 Å². The third-order valence-corrected chi connectivity index (χ3v) is 3.00. The van der Waals surface area contributed by atoms with Crippen molar-refractivity contribution in [1.82, 2.24) is 10.6 Å². The molecule has 3 nitrogen and oxygen atoms in total. The van der Waals surface area contributed by atoms with Crippen molar-refractivity contribution in [3.63, 3.8) is 0 Å². The van der Waals surface area contributed by atoms with Gasteiger partial charge in [0.25, 0.3) is 0 Å². The molecule has 1 rings (SSSR count). The van der Waals surface area contributed by atoms with Gasteiger partial charge in [0.1, 0.15) is 5.82 Å². The molecule has 1 aromatic carbocycles. The van der Waals surface area contributed by atoms with Crippen molar-refractivity contribution in [3.05, 3.63) is 34.1 Å². The van der Waals surface area contributed by atoms with Crippen molar-refractivity contribution >= 4 is 22.0 Å². The number of unbranched alkanes of at least 4 members (excludes halogenated alkanes) is 1. The van der Waals surface area contributed by atoms with Crippen molar-refractivity contribution in [2.75, 3.05) is 13.1 Å². The van der Waals surface area contributed by atoms with Crippen molar-refractivity contribution in [2.24, 2.45) is 0 Å². The smallest absolute Gasteiger partial charge is 0.314 e. The Hall–Kier alpha value is -1.10. The molecule has 0 fully saturated rings. The molecule has 0 aliphatic rings. The Morgan fingerprint density at radius 1 is 1.33 bits per heavy atom. The highest BCUT2D eigenvalue weighted by Gasteiger charge is 2.04. The van der Waals surface area contributed by atoms with Gasteiger partial charge in [0.15, 0.2) is 0 Å². The van der Waals surface area contributed by atoms with Crippen LogP contribution >= 0.6 is 15.9 Å². The predicted octanol–water partition coefficient (Wildman–Crippen LogP) is 3.23. The first kappa shape index (κ1) is 15.0. The summed E-state index contributed by atoms with van der Waals surface area (Å²) in [5.41, 5.74) is 0.596. The van der Waals surface area contributed by atoms with Gasteiger partial charge in [0, 0.05) is 17.6 Å². The number of nitrogens with one attached hydrogen (secondary N) is 2. The molecular weight excluding hydrogens is 299 g/mol. The maximum atomic E-state index is 13.4. The second-order valence-electron chi connectivity index (χ2n) is 4.02. The molecule has 0 aliphatic carbocycles. The second-order valence-corrected chi connectivity index (χ2v) is 4.94. The number of carbonyl (C=O) groups excluding carboxylic acids is 1. The molecule has 0 saturated heterocycles. The number of urea groups is 1. The van der Waals surface area contributed by atoms with Crippen LogP contribution in [-0.4, -0.2) is 19.1 Å². The third-order valence-electron chi connectivity index (χ3n) is 2.50. The normalized spacial score (nSPS) is 10.2. The van der Waals surface area contributed by atoms with Crippen LogP contribution in [-0.2, 0) is 6.42 Å². The number of rotatable bonds is 6. The van der Waals surface area contributed by atoms with Gasteiger partial charge in [-0.05, 0) is 36.6 Å². The predicted molar refractivity (Wildman–Crippen MR) is 74.1 cm³/mol. The first-order valence-electron chi connectivity index (χ1n) is 6.09. The molecule has 2 amide bonds. The van der Waals surface area contributed by atoms with Gasteiger partial charge in [-0.2, -0.15) is 0 Å². The zero-order valence-electron chi connectivity index (χ0n) is 10.4. The van der Waals surface area contributed by atoms with E-state index in [-0.39, 0.29) is 11.8 Å². The Morgan fingerprint density at radius 3 is 2.78 bits per heavy atom. The van der Waals surface area contributed by atoms with Gasteiger partial charge in [-0.25, -0.2) is 9.18 Å². The van der Waals surface area contributed by atoms with Gasteiger partial charge in [0.2, 0.25) is 0 Å². The van der Waals surface area contributed by atoms with Crippen LogP contribution < -0.4 is 10.6 Å². The SMILES string of the molecule is CCCCNC(=O)NCCc1cc(Br)ccc1F. The molecule has 0 radical (unpaired) electrons. The minimum atomic E-state index is -0.244. The van der Waals surface area contributed by atoms with Crippen LogP contribution in [0.2, 0.25) is 0 Å². The third kappa shape index (κ3) is 5.49. The summed E-state index contributed by atoms with van der Waals surface area (Å²) in [5.74, 6) is -0.244. The second kappa shape index (κ2) is 8.08. The summed E-state index contributed by atoms with van der Waals surface area (Å²) in [6.45, 7) is 3.16. The summed E-state index contributed by atoms with van der Waals surface area (Å²) in [5, 5.41) is 5.45. The maximum Gasteiger partial charge on any atom is 0.314 e.